The fourth-order valence-electron chi connectivity index (χ4n) is 6.58. The number of benzene rings is 8. The first-order chi connectivity index (χ1) is 29.1. The smallest absolute Gasteiger partial charge is 0.144 e. The molecule has 0 unspecified atom stereocenters. The fourth-order valence-corrected chi connectivity index (χ4v) is 6.58. The van der Waals surface area contributed by atoms with E-state index in [4.69, 9.17) is 18.1 Å². The number of furan rings is 1. The Morgan fingerprint density at radius 1 is 0.500 bits per heavy atom. The van der Waals surface area contributed by atoms with Gasteiger partial charge in [0.1, 0.15) is 11.2 Å². The number of hydrogen-bond acceptors (Lipinski definition) is 1. The molecule has 0 saturated carbocycles. The van der Waals surface area contributed by atoms with Gasteiger partial charge in [0.05, 0.1) is 31.6 Å². The highest BCUT2D eigenvalue weighted by Gasteiger charge is 2.23. The van der Waals surface area contributed by atoms with Gasteiger partial charge in [-0.3, -0.25) is 0 Å². The molecule has 0 aliphatic rings. The quantitative estimate of drug-likeness (QED) is 0.197. The SMILES string of the molecule is [2H]c1c([2H])c([2H])c2c(oc3c(-c4ccc5c(c4)c4ccccc4n5-c4ccccc4)c4c([2H])c([2H])c([2H])c([2H])c4c(-c4c([2H])c([2H])c5c([2H])c([2H])c([2H])c([2H])c5c4[2H])c32)c1[2H]. The lowest BCUT2D eigenvalue weighted by molar-refractivity contribution is 0.670. The molecule has 0 atom stereocenters. The van der Waals surface area contributed by atoms with Crippen LogP contribution in [0.25, 0.3) is 93.2 Å². The van der Waals surface area contributed by atoms with Gasteiger partial charge in [-0.15, -0.1) is 0 Å². The molecule has 0 fully saturated rings. The van der Waals surface area contributed by atoms with Gasteiger partial charge in [-0.25, -0.2) is 0 Å². The molecule has 0 amide bonds. The molecule has 214 valence electrons. The highest BCUT2D eigenvalue weighted by molar-refractivity contribution is 6.27. The van der Waals surface area contributed by atoms with E-state index in [0.29, 0.717) is 5.56 Å². The van der Waals surface area contributed by atoms with Crippen LogP contribution in [0.4, 0.5) is 0 Å². The number of aromatic nitrogens is 1. The molecule has 0 spiro atoms. The van der Waals surface area contributed by atoms with Gasteiger partial charge in [-0.2, -0.15) is 0 Å². The third-order valence-corrected chi connectivity index (χ3v) is 8.47. The Hall–Kier alpha value is -6.12. The van der Waals surface area contributed by atoms with Crippen LogP contribution in [-0.2, 0) is 0 Å². The molecule has 8 aromatic carbocycles. The molecule has 0 bridgehead atoms. The van der Waals surface area contributed by atoms with E-state index in [2.05, 4.69) is 4.57 Å². The van der Waals surface area contributed by atoms with Crippen LogP contribution in [-0.4, -0.2) is 4.57 Å². The lowest BCUT2D eigenvalue weighted by atomic mass is 9.87. The standard InChI is InChI=1S/C44H27NO/c1-2-14-32(15-3-1)45-38-20-10-8-16-33(38)37-27-31(24-25-39(37)45)42-35-18-7-6-17-34(35)41(30-23-22-28-12-4-5-13-29(28)26-30)43-36-19-9-11-21-40(36)46-44(42)43/h1-27H/i4D,5D,6D,7D,9D,11D,12D,13D,17D,18D,19D,21D,22D,23D,26D. The van der Waals surface area contributed by atoms with Gasteiger partial charge in [0.25, 0.3) is 0 Å². The van der Waals surface area contributed by atoms with E-state index in [9.17, 15) is 6.85 Å². The van der Waals surface area contributed by atoms with Crippen molar-refractivity contribution in [3.8, 4) is 27.9 Å². The average molecular weight is 601 g/mol. The van der Waals surface area contributed by atoms with Crippen molar-refractivity contribution in [1.82, 2.24) is 4.57 Å². The van der Waals surface area contributed by atoms with Crippen molar-refractivity contribution >= 4 is 65.3 Å². The molecular formula is C44H27NO. The summed E-state index contributed by atoms with van der Waals surface area (Å²) < 4.78 is 143. The molecule has 0 radical (unpaired) electrons. The summed E-state index contributed by atoms with van der Waals surface area (Å²) in [5, 5.41) is 0.0673. The van der Waals surface area contributed by atoms with Crippen molar-refractivity contribution < 1.29 is 25.0 Å². The topological polar surface area (TPSA) is 18.1 Å². The zero-order valence-corrected chi connectivity index (χ0v) is 23.8. The van der Waals surface area contributed by atoms with E-state index in [1.54, 1.807) is 6.07 Å². The van der Waals surface area contributed by atoms with Crippen molar-refractivity contribution in [2.75, 3.05) is 0 Å². The largest absolute Gasteiger partial charge is 0.455 e. The maximum Gasteiger partial charge on any atom is 0.144 e. The molecule has 2 aromatic heterocycles. The lowest BCUT2D eigenvalue weighted by Crippen LogP contribution is -1.93. The van der Waals surface area contributed by atoms with Crippen molar-refractivity contribution in [2.24, 2.45) is 0 Å². The summed E-state index contributed by atoms with van der Waals surface area (Å²) in [4.78, 5) is 0. The summed E-state index contributed by atoms with van der Waals surface area (Å²) in [6.45, 7) is 0. The van der Waals surface area contributed by atoms with Gasteiger partial charge in [-0.1, -0.05) is 121 Å². The Labute approximate surface area is 286 Å². The summed E-state index contributed by atoms with van der Waals surface area (Å²) in [6, 6.07) is 13.3. The van der Waals surface area contributed by atoms with Crippen molar-refractivity contribution in [2.45, 2.75) is 0 Å². The summed E-state index contributed by atoms with van der Waals surface area (Å²) in [6.07, 6.45) is 0. The Morgan fingerprint density at radius 2 is 1.20 bits per heavy atom. The van der Waals surface area contributed by atoms with Crippen LogP contribution in [0, 0.1) is 0 Å². The molecule has 2 nitrogen and oxygen atoms in total. The van der Waals surface area contributed by atoms with Crippen LogP contribution in [0.1, 0.15) is 20.6 Å². The monoisotopic (exact) mass is 600 g/mol. The summed E-state index contributed by atoms with van der Waals surface area (Å²) in [7, 11) is 0. The van der Waals surface area contributed by atoms with E-state index in [1.807, 2.05) is 66.7 Å². The number of para-hydroxylation sites is 3. The van der Waals surface area contributed by atoms with Crippen molar-refractivity contribution in [1.29, 1.82) is 0 Å². The average Bonchev–Trinajstić information content (AvgIpc) is 3.82. The first-order valence-electron chi connectivity index (χ1n) is 22.1. The van der Waals surface area contributed by atoms with Crippen molar-refractivity contribution in [3.63, 3.8) is 0 Å². The Bertz CT molecular complexity index is 3650. The molecule has 2 heteroatoms. The van der Waals surface area contributed by atoms with E-state index in [0.717, 1.165) is 27.5 Å². The summed E-state index contributed by atoms with van der Waals surface area (Å²) >= 11 is 0. The number of fused-ring (bicyclic) bond motifs is 8. The van der Waals surface area contributed by atoms with Gasteiger partial charge in [0, 0.05) is 38.4 Å². The number of nitrogens with zero attached hydrogens (tertiary/aromatic N) is 1. The maximum atomic E-state index is 9.55. The molecule has 10 rings (SSSR count). The zero-order valence-electron chi connectivity index (χ0n) is 38.8. The Balaban J connectivity index is 1.49. The third-order valence-electron chi connectivity index (χ3n) is 8.47. The Morgan fingerprint density at radius 3 is 2.07 bits per heavy atom. The minimum absolute atomic E-state index is 0.0964. The first-order valence-corrected chi connectivity index (χ1v) is 14.6. The van der Waals surface area contributed by atoms with Crippen molar-refractivity contribution in [3.05, 3.63) is 163 Å². The van der Waals surface area contributed by atoms with Crippen LogP contribution in [0.5, 0.6) is 0 Å². The second-order valence-electron chi connectivity index (χ2n) is 10.9. The van der Waals surface area contributed by atoms with Crippen LogP contribution < -0.4 is 0 Å². The minimum Gasteiger partial charge on any atom is -0.455 e. The van der Waals surface area contributed by atoms with Gasteiger partial charge in [0.2, 0.25) is 0 Å². The predicted molar refractivity (Wildman–Crippen MR) is 194 cm³/mol. The molecule has 0 aliphatic heterocycles. The van der Waals surface area contributed by atoms with Crippen LogP contribution >= 0.6 is 0 Å². The Kier molecular flexibility index (Phi) is 3.11. The second-order valence-corrected chi connectivity index (χ2v) is 10.9. The van der Waals surface area contributed by atoms with Gasteiger partial charge in [-0.05, 0) is 75.1 Å². The van der Waals surface area contributed by atoms with E-state index in [-0.39, 0.29) is 43.8 Å². The molecule has 2 heterocycles. The molecule has 10 aromatic rings. The van der Waals surface area contributed by atoms with Crippen LogP contribution in [0.15, 0.2) is 168 Å². The minimum atomic E-state index is -0.712. The third kappa shape index (κ3) is 3.59. The molecule has 0 N–H and O–H groups in total. The summed E-state index contributed by atoms with van der Waals surface area (Å²) in [5.41, 5.74) is 1.83. The summed E-state index contributed by atoms with van der Waals surface area (Å²) in [5.74, 6) is 0. The van der Waals surface area contributed by atoms with Gasteiger partial charge < -0.3 is 8.98 Å². The lowest BCUT2D eigenvalue weighted by Gasteiger charge is -2.15. The van der Waals surface area contributed by atoms with Gasteiger partial charge in [0.15, 0.2) is 0 Å². The van der Waals surface area contributed by atoms with E-state index < -0.39 is 107 Å². The predicted octanol–water partition coefficient (Wildman–Crippen LogP) is 12.3. The van der Waals surface area contributed by atoms with Crippen LogP contribution in [0.3, 0.4) is 0 Å². The second kappa shape index (κ2) is 9.69. The molecular weight excluding hydrogens is 558 g/mol. The zero-order chi connectivity index (χ0) is 43.2. The molecule has 0 aliphatic carbocycles. The number of hydrogen-bond donors (Lipinski definition) is 0. The highest BCUT2D eigenvalue weighted by Crippen LogP contribution is 2.48. The van der Waals surface area contributed by atoms with E-state index >= 15 is 0 Å². The first kappa shape index (κ1) is 14.8. The highest BCUT2D eigenvalue weighted by atomic mass is 16.3. The van der Waals surface area contributed by atoms with E-state index in [1.165, 1.54) is 0 Å². The molecule has 0 saturated heterocycles. The van der Waals surface area contributed by atoms with Gasteiger partial charge >= 0.3 is 0 Å². The normalized spacial score (nSPS) is 16.5. The van der Waals surface area contributed by atoms with Crippen LogP contribution in [0.2, 0.25) is 0 Å². The maximum absolute atomic E-state index is 9.55. The number of rotatable bonds is 3. The fraction of sp³-hybridized carbons (Fsp3) is 0. The molecule has 46 heavy (non-hydrogen) atoms.